The van der Waals surface area contributed by atoms with Crippen molar-refractivity contribution in [2.75, 3.05) is 4.90 Å². The van der Waals surface area contributed by atoms with Crippen LogP contribution in [0.3, 0.4) is 0 Å². The Morgan fingerprint density at radius 3 is 2.48 bits per heavy atom. The minimum atomic E-state index is -0.306. The minimum Gasteiger partial charge on any atom is -0.295 e. The second kappa shape index (κ2) is 5.05. The lowest BCUT2D eigenvalue weighted by Gasteiger charge is -2.26. The number of para-hydroxylation sites is 1. The van der Waals surface area contributed by atoms with Gasteiger partial charge in [0.25, 0.3) is 5.91 Å². The Balaban J connectivity index is 1.91. The fourth-order valence-corrected chi connectivity index (χ4v) is 3.11. The average Bonchev–Trinajstić information content (AvgIpc) is 3.08. The summed E-state index contributed by atoms with van der Waals surface area (Å²) in [5, 5.41) is 7.04. The largest absolute Gasteiger partial charge is 0.295 e. The van der Waals surface area contributed by atoms with E-state index in [9.17, 15) is 9.18 Å². The Morgan fingerprint density at radius 2 is 1.78 bits per heavy atom. The lowest BCUT2D eigenvalue weighted by atomic mass is 9.99. The number of hydrogen-bond acceptors (Lipinski definition) is 2. The number of carbonyl (C=O) groups is 1. The molecule has 1 unspecified atom stereocenters. The summed E-state index contributed by atoms with van der Waals surface area (Å²) in [5.74, 6) is -0.446. The number of hydrogen-bond donors (Lipinski definition) is 1. The summed E-state index contributed by atoms with van der Waals surface area (Å²) in [6, 6.07) is 15.4. The Labute approximate surface area is 132 Å². The number of H-pyrrole nitrogens is 1. The highest BCUT2D eigenvalue weighted by atomic mass is 19.1. The number of benzene rings is 2. The molecule has 23 heavy (non-hydrogen) atoms. The van der Waals surface area contributed by atoms with Crippen LogP contribution in [0.15, 0.2) is 54.6 Å². The molecule has 0 spiro atoms. The number of nitrogens with one attached hydrogen (secondary N) is 1. The number of nitrogens with zero attached hydrogens (tertiary/aromatic N) is 2. The first-order chi connectivity index (χ1) is 11.2. The lowest BCUT2D eigenvalue weighted by molar-refractivity contribution is 0.0989. The quantitative estimate of drug-likeness (QED) is 0.786. The summed E-state index contributed by atoms with van der Waals surface area (Å²) in [4.78, 5) is 14.5. The van der Waals surface area contributed by atoms with Gasteiger partial charge >= 0.3 is 0 Å². The third-order valence-electron chi connectivity index (χ3n) is 4.17. The van der Waals surface area contributed by atoms with Crippen LogP contribution in [0.25, 0.3) is 0 Å². The van der Waals surface area contributed by atoms with Crippen LogP contribution in [-0.4, -0.2) is 16.1 Å². The molecule has 0 radical (unpaired) electrons. The molecule has 2 aromatic carbocycles. The van der Waals surface area contributed by atoms with Gasteiger partial charge in [0.15, 0.2) is 5.69 Å². The van der Waals surface area contributed by atoms with Gasteiger partial charge in [-0.3, -0.25) is 14.8 Å². The van der Waals surface area contributed by atoms with Crippen molar-refractivity contribution in [3.63, 3.8) is 0 Å². The Bertz CT molecular complexity index is 871. The predicted octanol–water partition coefficient (Wildman–Crippen LogP) is 3.61. The van der Waals surface area contributed by atoms with Gasteiger partial charge in [0.1, 0.15) is 5.82 Å². The zero-order valence-corrected chi connectivity index (χ0v) is 12.5. The van der Waals surface area contributed by atoms with E-state index in [1.165, 1.54) is 12.1 Å². The van der Waals surface area contributed by atoms with E-state index in [1.54, 1.807) is 17.0 Å². The second-order valence-electron chi connectivity index (χ2n) is 5.58. The third kappa shape index (κ3) is 2.04. The molecule has 4 nitrogen and oxygen atoms in total. The number of carbonyl (C=O) groups excluding carboxylic acids is 1. The highest BCUT2D eigenvalue weighted by molar-refractivity contribution is 6.10. The minimum absolute atomic E-state index is 0.148. The first-order valence-electron chi connectivity index (χ1n) is 7.36. The molecule has 4 rings (SSSR count). The average molecular weight is 307 g/mol. The van der Waals surface area contributed by atoms with Crippen LogP contribution >= 0.6 is 0 Å². The topological polar surface area (TPSA) is 49.0 Å². The normalized spacial score (nSPS) is 16.7. The van der Waals surface area contributed by atoms with E-state index < -0.39 is 0 Å². The molecule has 114 valence electrons. The van der Waals surface area contributed by atoms with Crippen molar-refractivity contribution in [3.05, 3.63) is 82.9 Å². The molecule has 5 heteroatoms. The van der Waals surface area contributed by atoms with Crippen LogP contribution in [-0.2, 0) is 0 Å². The molecule has 0 saturated heterocycles. The molecule has 0 bridgehead atoms. The van der Waals surface area contributed by atoms with Gasteiger partial charge < -0.3 is 0 Å². The van der Waals surface area contributed by atoms with Crippen molar-refractivity contribution < 1.29 is 9.18 Å². The molecule has 3 aromatic rings. The van der Waals surface area contributed by atoms with E-state index >= 15 is 0 Å². The van der Waals surface area contributed by atoms with Crippen molar-refractivity contribution >= 4 is 11.6 Å². The zero-order valence-electron chi connectivity index (χ0n) is 12.5. The molecule has 0 saturated carbocycles. The summed E-state index contributed by atoms with van der Waals surface area (Å²) in [6.45, 7) is 1.89. The molecule has 0 fully saturated rings. The van der Waals surface area contributed by atoms with E-state index in [2.05, 4.69) is 10.2 Å². The lowest BCUT2D eigenvalue weighted by Crippen LogP contribution is -2.29. The number of aromatic amines is 1. The second-order valence-corrected chi connectivity index (χ2v) is 5.58. The van der Waals surface area contributed by atoms with E-state index in [0.29, 0.717) is 5.69 Å². The van der Waals surface area contributed by atoms with Crippen molar-refractivity contribution in [2.24, 2.45) is 0 Å². The molecule has 1 aliphatic heterocycles. The monoisotopic (exact) mass is 307 g/mol. The van der Waals surface area contributed by atoms with E-state index in [-0.39, 0.29) is 17.8 Å². The Hall–Kier alpha value is -2.95. The van der Waals surface area contributed by atoms with Crippen molar-refractivity contribution in [1.29, 1.82) is 0 Å². The number of aryl methyl sites for hydroxylation is 1. The maximum Gasteiger partial charge on any atom is 0.279 e. The van der Waals surface area contributed by atoms with Gasteiger partial charge in [-0.05, 0) is 36.8 Å². The SMILES string of the molecule is Cc1[nH]nc2c1C(c1ccc(F)cc1)N(c1ccccc1)C2=O. The standard InChI is InChI=1S/C18H14FN3O/c1-11-15-16(21-20-11)18(23)22(14-5-3-2-4-6-14)17(15)12-7-9-13(19)10-8-12/h2-10,17H,1H3,(H,20,21). The maximum absolute atomic E-state index is 13.3. The van der Waals surface area contributed by atoms with Gasteiger partial charge in [0, 0.05) is 16.9 Å². The summed E-state index contributed by atoms with van der Waals surface area (Å²) in [6.07, 6.45) is 0. The predicted molar refractivity (Wildman–Crippen MR) is 84.8 cm³/mol. The molecule has 1 aliphatic rings. The number of rotatable bonds is 2. The fourth-order valence-electron chi connectivity index (χ4n) is 3.11. The van der Waals surface area contributed by atoms with Crippen LogP contribution in [0, 0.1) is 12.7 Å². The smallest absolute Gasteiger partial charge is 0.279 e. The van der Waals surface area contributed by atoms with Gasteiger partial charge in [-0.25, -0.2) is 4.39 Å². The van der Waals surface area contributed by atoms with Gasteiger partial charge in [-0.1, -0.05) is 30.3 Å². The van der Waals surface area contributed by atoms with E-state index in [1.807, 2.05) is 37.3 Å². The van der Waals surface area contributed by atoms with E-state index in [4.69, 9.17) is 0 Å². The van der Waals surface area contributed by atoms with Gasteiger partial charge in [0.2, 0.25) is 0 Å². The van der Waals surface area contributed by atoms with Gasteiger partial charge in [-0.15, -0.1) is 0 Å². The number of halogens is 1. The van der Waals surface area contributed by atoms with Crippen molar-refractivity contribution in [1.82, 2.24) is 10.2 Å². The van der Waals surface area contributed by atoms with Crippen LogP contribution < -0.4 is 4.90 Å². The molecule has 1 atom stereocenters. The van der Waals surface area contributed by atoms with Crippen LogP contribution in [0.4, 0.5) is 10.1 Å². The molecule has 2 heterocycles. The van der Waals surface area contributed by atoms with Gasteiger partial charge in [0.05, 0.1) is 6.04 Å². The van der Waals surface area contributed by atoms with Crippen molar-refractivity contribution in [2.45, 2.75) is 13.0 Å². The Kier molecular flexibility index (Phi) is 3.01. The molecular weight excluding hydrogens is 293 g/mol. The van der Waals surface area contributed by atoms with Crippen LogP contribution in [0.2, 0.25) is 0 Å². The Morgan fingerprint density at radius 1 is 1.09 bits per heavy atom. The molecule has 1 amide bonds. The molecule has 0 aliphatic carbocycles. The van der Waals surface area contributed by atoms with E-state index in [0.717, 1.165) is 22.5 Å². The van der Waals surface area contributed by atoms with Crippen LogP contribution in [0.5, 0.6) is 0 Å². The highest BCUT2D eigenvalue weighted by Crippen LogP contribution is 2.42. The maximum atomic E-state index is 13.3. The number of anilines is 1. The number of fused-ring (bicyclic) bond motifs is 1. The molecule has 1 N–H and O–H groups in total. The zero-order chi connectivity index (χ0) is 16.0. The summed E-state index contributed by atoms with van der Waals surface area (Å²) in [5.41, 5.74) is 3.78. The molecular formula is C18H14FN3O. The summed E-state index contributed by atoms with van der Waals surface area (Å²) >= 11 is 0. The highest BCUT2D eigenvalue weighted by Gasteiger charge is 2.42. The first-order valence-corrected chi connectivity index (χ1v) is 7.36. The van der Waals surface area contributed by atoms with Gasteiger partial charge in [-0.2, -0.15) is 5.10 Å². The molecule has 1 aromatic heterocycles. The number of aromatic nitrogens is 2. The van der Waals surface area contributed by atoms with Crippen LogP contribution in [0.1, 0.15) is 33.4 Å². The summed E-state index contributed by atoms with van der Waals surface area (Å²) < 4.78 is 13.3. The fraction of sp³-hybridized carbons (Fsp3) is 0.111. The third-order valence-corrected chi connectivity index (χ3v) is 4.17. The summed E-state index contributed by atoms with van der Waals surface area (Å²) in [7, 11) is 0. The van der Waals surface area contributed by atoms with Crippen molar-refractivity contribution in [3.8, 4) is 0 Å². The first kappa shape index (κ1) is 13.7. The number of amides is 1.